The Morgan fingerprint density at radius 2 is 2.18 bits per heavy atom. The van der Waals surface area contributed by atoms with Crippen molar-refractivity contribution >= 4 is 11.6 Å². The predicted octanol–water partition coefficient (Wildman–Crippen LogP) is 1.97. The highest BCUT2D eigenvalue weighted by atomic mass is 16.6. The monoisotopic (exact) mass is 304 g/mol. The molecule has 1 aromatic carbocycles. The van der Waals surface area contributed by atoms with Crippen molar-refractivity contribution in [1.82, 2.24) is 15.1 Å². The molecule has 8 nitrogen and oxygen atoms in total. The molecule has 0 fully saturated rings. The van der Waals surface area contributed by atoms with Gasteiger partial charge in [0.15, 0.2) is 12.5 Å². The van der Waals surface area contributed by atoms with Crippen molar-refractivity contribution in [1.29, 1.82) is 0 Å². The van der Waals surface area contributed by atoms with Gasteiger partial charge in [0.05, 0.1) is 4.92 Å². The first kappa shape index (κ1) is 15.5. The molecular formula is C14H16N4O4. The summed E-state index contributed by atoms with van der Waals surface area (Å²) in [5.41, 5.74) is 0.162. The van der Waals surface area contributed by atoms with Crippen molar-refractivity contribution in [2.45, 2.75) is 20.1 Å². The number of hydrogen-bond donors (Lipinski definition) is 1. The molecule has 8 heteroatoms. The summed E-state index contributed by atoms with van der Waals surface area (Å²) in [6, 6.07) is 7.65. The summed E-state index contributed by atoms with van der Waals surface area (Å²) < 4.78 is 6.79. The lowest BCUT2D eigenvalue weighted by atomic mass is 10.3. The molecule has 0 aliphatic rings. The Labute approximate surface area is 126 Å². The molecule has 0 saturated carbocycles. The van der Waals surface area contributed by atoms with Crippen molar-refractivity contribution in [3.63, 3.8) is 0 Å². The van der Waals surface area contributed by atoms with E-state index in [-0.39, 0.29) is 29.8 Å². The van der Waals surface area contributed by atoms with Crippen LogP contribution in [0.3, 0.4) is 0 Å². The van der Waals surface area contributed by atoms with Gasteiger partial charge in [0.1, 0.15) is 5.69 Å². The Hall–Kier alpha value is -2.90. The predicted molar refractivity (Wildman–Crippen MR) is 78.6 cm³/mol. The molecule has 2 aromatic rings. The van der Waals surface area contributed by atoms with E-state index < -0.39 is 4.92 Å². The summed E-state index contributed by atoms with van der Waals surface area (Å²) in [6.45, 7) is 2.52. The molecule has 22 heavy (non-hydrogen) atoms. The number of amides is 1. The topological polar surface area (TPSA) is 99.3 Å². The van der Waals surface area contributed by atoms with Gasteiger partial charge >= 0.3 is 5.69 Å². The molecule has 0 bridgehead atoms. The maximum atomic E-state index is 11.7. The van der Waals surface area contributed by atoms with Crippen molar-refractivity contribution in [2.75, 3.05) is 6.54 Å². The number of aromatic nitrogens is 2. The van der Waals surface area contributed by atoms with Crippen LogP contribution in [0.2, 0.25) is 0 Å². The van der Waals surface area contributed by atoms with Gasteiger partial charge < -0.3 is 10.1 Å². The SMILES string of the molecule is CCCNC(=O)c1ccn(COc2ccccc2[N+](=O)[O-])n1. The van der Waals surface area contributed by atoms with Gasteiger partial charge in [-0.05, 0) is 18.6 Å². The van der Waals surface area contributed by atoms with E-state index in [0.717, 1.165) is 6.42 Å². The molecule has 1 N–H and O–H groups in total. The molecule has 0 aliphatic carbocycles. The highest BCUT2D eigenvalue weighted by Gasteiger charge is 2.14. The number of nitro groups is 1. The van der Waals surface area contributed by atoms with Crippen LogP contribution in [-0.4, -0.2) is 27.2 Å². The fourth-order valence-corrected chi connectivity index (χ4v) is 1.75. The number of nitrogens with one attached hydrogen (secondary N) is 1. The van der Waals surface area contributed by atoms with Crippen molar-refractivity contribution in [3.05, 3.63) is 52.3 Å². The number of carbonyl (C=O) groups is 1. The molecule has 1 amide bonds. The lowest BCUT2D eigenvalue weighted by Crippen LogP contribution is -2.24. The van der Waals surface area contributed by atoms with Gasteiger partial charge in [-0.15, -0.1) is 0 Å². The normalized spacial score (nSPS) is 10.2. The molecule has 0 atom stereocenters. The number of nitrogens with zero attached hydrogens (tertiary/aromatic N) is 3. The zero-order valence-electron chi connectivity index (χ0n) is 12.1. The van der Waals surface area contributed by atoms with E-state index in [0.29, 0.717) is 6.54 Å². The quantitative estimate of drug-likeness (QED) is 0.622. The lowest BCUT2D eigenvalue weighted by Gasteiger charge is -2.06. The number of benzene rings is 1. The van der Waals surface area contributed by atoms with Crippen molar-refractivity contribution in [3.8, 4) is 5.75 Å². The first-order valence-electron chi connectivity index (χ1n) is 6.79. The molecule has 0 radical (unpaired) electrons. The first-order valence-corrected chi connectivity index (χ1v) is 6.79. The molecular weight excluding hydrogens is 288 g/mol. The lowest BCUT2D eigenvalue weighted by molar-refractivity contribution is -0.386. The van der Waals surface area contributed by atoms with E-state index >= 15 is 0 Å². The number of hydrogen-bond acceptors (Lipinski definition) is 5. The van der Waals surface area contributed by atoms with Gasteiger partial charge in [0, 0.05) is 18.8 Å². The van der Waals surface area contributed by atoms with Crippen LogP contribution in [0.4, 0.5) is 5.69 Å². The summed E-state index contributed by atoms with van der Waals surface area (Å²) >= 11 is 0. The van der Waals surface area contributed by atoms with Crippen LogP contribution in [0.25, 0.3) is 0 Å². The Balaban J connectivity index is 2.00. The number of carbonyl (C=O) groups excluding carboxylic acids is 1. The van der Waals surface area contributed by atoms with Gasteiger partial charge in [-0.3, -0.25) is 14.9 Å². The number of nitro benzene ring substituents is 1. The average molecular weight is 304 g/mol. The van der Waals surface area contributed by atoms with Gasteiger partial charge in [-0.25, -0.2) is 4.68 Å². The molecule has 116 valence electrons. The average Bonchev–Trinajstić information content (AvgIpc) is 2.99. The standard InChI is InChI=1S/C14H16N4O4/c1-2-8-15-14(19)11-7-9-17(16-11)10-22-13-6-4-3-5-12(13)18(20)21/h3-7,9H,2,8,10H2,1H3,(H,15,19). The number of ether oxygens (including phenoxy) is 1. The second-order valence-electron chi connectivity index (χ2n) is 4.49. The molecule has 0 unspecified atom stereocenters. The Kier molecular flexibility index (Phi) is 5.07. The smallest absolute Gasteiger partial charge is 0.311 e. The van der Waals surface area contributed by atoms with E-state index in [1.807, 2.05) is 6.92 Å². The van der Waals surface area contributed by atoms with Crippen LogP contribution in [0, 0.1) is 10.1 Å². The van der Waals surface area contributed by atoms with Crippen molar-refractivity contribution in [2.24, 2.45) is 0 Å². The third kappa shape index (κ3) is 3.81. The van der Waals surface area contributed by atoms with Crippen molar-refractivity contribution < 1.29 is 14.5 Å². The summed E-state index contributed by atoms with van der Waals surface area (Å²) in [6.07, 6.45) is 2.42. The van der Waals surface area contributed by atoms with E-state index in [1.54, 1.807) is 24.4 Å². The van der Waals surface area contributed by atoms with Gasteiger partial charge in [-0.2, -0.15) is 5.10 Å². The van der Waals surface area contributed by atoms with E-state index in [4.69, 9.17) is 4.74 Å². The maximum absolute atomic E-state index is 11.7. The minimum Gasteiger partial charge on any atom is -0.464 e. The minimum absolute atomic E-state index is 0.0219. The zero-order valence-corrected chi connectivity index (χ0v) is 12.1. The van der Waals surface area contributed by atoms with E-state index in [2.05, 4.69) is 10.4 Å². The molecule has 1 heterocycles. The number of para-hydroxylation sites is 2. The fraction of sp³-hybridized carbons (Fsp3) is 0.286. The largest absolute Gasteiger partial charge is 0.464 e. The van der Waals surface area contributed by atoms with Crippen LogP contribution < -0.4 is 10.1 Å². The van der Waals surface area contributed by atoms with Gasteiger partial charge in [0.2, 0.25) is 0 Å². The summed E-state index contributed by atoms with van der Waals surface area (Å²) in [5.74, 6) is -0.105. The second kappa shape index (κ2) is 7.21. The second-order valence-corrected chi connectivity index (χ2v) is 4.49. The third-order valence-corrected chi connectivity index (χ3v) is 2.82. The first-order chi connectivity index (χ1) is 10.6. The van der Waals surface area contributed by atoms with Gasteiger partial charge in [-0.1, -0.05) is 19.1 Å². The van der Waals surface area contributed by atoms with E-state index in [9.17, 15) is 14.9 Å². The fourth-order valence-electron chi connectivity index (χ4n) is 1.75. The van der Waals surface area contributed by atoms with Crippen LogP contribution in [0.5, 0.6) is 5.75 Å². The molecule has 0 spiro atoms. The minimum atomic E-state index is -0.512. The molecule has 1 aromatic heterocycles. The molecule has 0 aliphatic heterocycles. The highest BCUT2D eigenvalue weighted by molar-refractivity contribution is 5.92. The van der Waals surface area contributed by atoms with Crippen LogP contribution in [-0.2, 0) is 6.73 Å². The number of rotatable bonds is 7. The summed E-state index contributed by atoms with van der Waals surface area (Å²) in [5, 5.41) is 17.7. The van der Waals surface area contributed by atoms with Gasteiger partial charge in [0.25, 0.3) is 5.91 Å². The Morgan fingerprint density at radius 1 is 1.41 bits per heavy atom. The molecule has 2 rings (SSSR count). The summed E-state index contributed by atoms with van der Waals surface area (Å²) in [4.78, 5) is 22.1. The highest BCUT2D eigenvalue weighted by Crippen LogP contribution is 2.25. The van der Waals surface area contributed by atoms with Crippen LogP contribution in [0.15, 0.2) is 36.5 Å². The van der Waals surface area contributed by atoms with Crippen LogP contribution >= 0.6 is 0 Å². The molecule has 0 saturated heterocycles. The summed E-state index contributed by atoms with van der Waals surface area (Å²) in [7, 11) is 0. The zero-order chi connectivity index (χ0) is 15.9. The maximum Gasteiger partial charge on any atom is 0.311 e. The van der Waals surface area contributed by atoms with Crippen LogP contribution in [0.1, 0.15) is 23.8 Å². The van der Waals surface area contributed by atoms with E-state index in [1.165, 1.54) is 16.8 Å². The Bertz CT molecular complexity index is 668. The Morgan fingerprint density at radius 3 is 2.91 bits per heavy atom. The third-order valence-electron chi connectivity index (χ3n) is 2.82.